The number of ether oxygens (including phenoxy) is 2. The van der Waals surface area contributed by atoms with Crippen LogP contribution in [0.2, 0.25) is 10.0 Å². The summed E-state index contributed by atoms with van der Waals surface area (Å²) in [5, 5.41) is 5.60. The van der Waals surface area contributed by atoms with E-state index in [2.05, 4.69) is 10.6 Å². The Bertz CT molecular complexity index is 644. The van der Waals surface area contributed by atoms with E-state index in [0.717, 1.165) is 0 Å². The number of carbonyl (C=O) groups is 3. The average Bonchev–Trinajstić information content (AvgIpc) is 2.47. The first-order valence-corrected chi connectivity index (χ1v) is 8.20. The Morgan fingerprint density at radius 2 is 1.80 bits per heavy atom. The van der Waals surface area contributed by atoms with Crippen LogP contribution in [-0.2, 0) is 19.1 Å². The van der Waals surface area contributed by atoms with Gasteiger partial charge in [-0.1, -0.05) is 23.2 Å². The fourth-order valence-electron chi connectivity index (χ4n) is 1.57. The SMILES string of the molecule is CC(C)(C)OC(=O)NCCC(=O)OCC(=O)Nc1ccc(Cl)c(Cl)c1. The molecular weight excluding hydrogens is 371 g/mol. The maximum absolute atomic E-state index is 11.7. The molecule has 0 heterocycles. The molecule has 0 aliphatic heterocycles. The van der Waals surface area contributed by atoms with Gasteiger partial charge in [0, 0.05) is 12.2 Å². The number of rotatable bonds is 6. The molecule has 0 fully saturated rings. The second kappa shape index (κ2) is 9.48. The number of esters is 1. The Balaban J connectivity index is 2.26. The number of nitrogens with one attached hydrogen (secondary N) is 2. The van der Waals surface area contributed by atoms with Gasteiger partial charge in [-0.05, 0) is 39.0 Å². The van der Waals surface area contributed by atoms with Gasteiger partial charge in [0.1, 0.15) is 5.60 Å². The van der Waals surface area contributed by atoms with Gasteiger partial charge in [0.25, 0.3) is 5.91 Å². The number of halogens is 2. The molecular formula is C16H20Cl2N2O5. The second-order valence-electron chi connectivity index (χ2n) is 6.02. The van der Waals surface area contributed by atoms with Crippen LogP contribution in [0.4, 0.5) is 10.5 Å². The minimum atomic E-state index is -0.627. The Hall–Kier alpha value is -1.99. The van der Waals surface area contributed by atoms with Gasteiger partial charge in [-0.3, -0.25) is 9.59 Å². The maximum atomic E-state index is 11.7. The van der Waals surface area contributed by atoms with Crippen molar-refractivity contribution in [2.75, 3.05) is 18.5 Å². The van der Waals surface area contributed by atoms with Gasteiger partial charge in [-0.25, -0.2) is 4.79 Å². The van der Waals surface area contributed by atoms with E-state index in [9.17, 15) is 14.4 Å². The average molecular weight is 391 g/mol. The van der Waals surface area contributed by atoms with Gasteiger partial charge in [0.05, 0.1) is 16.5 Å². The van der Waals surface area contributed by atoms with Crippen molar-refractivity contribution in [2.24, 2.45) is 0 Å². The molecule has 1 aromatic rings. The van der Waals surface area contributed by atoms with Crippen LogP contribution in [-0.4, -0.2) is 36.7 Å². The monoisotopic (exact) mass is 390 g/mol. The van der Waals surface area contributed by atoms with Crippen LogP contribution in [0.1, 0.15) is 27.2 Å². The third-order valence-electron chi connectivity index (χ3n) is 2.56. The standard InChI is InChI=1S/C16H20Cl2N2O5/c1-16(2,3)25-15(23)19-7-6-14(22)24-9-13(21)20-10-4-5-11(17)12(18)8-10/h4-5,8H,6-7,9H2,1-3H3,(H,19,23)(H,20,21). The summed E-state index contributed by atoms with van der Waals surface area (Å²) in [5.41, 5.74) is -0.185. The van der Waals surface area contributed by atoms with Gasteiger partial charge >= 0.3 is 12.1 Å². The lowest BCUT2D eigenvalue weighted by atomic mass is 10.2. The van der Waals surface area contributed by atoms with Crippen molar-refractivity contribution < 1.29 is 23.9 Å². The Morgan fingerprint density at radius 3 is 2.40 bits per heavy atom. The Labute approximate surface area is 155 Å². The first-order valence-electron chi connectivity index (χ1n) is 7.44. The minimum Gasteiger partial charge on any atom is -0.456 e. The molecule has 0 aliphatic rings. The maximum Gasteiger partial charge on any atom is 0.407 e. The third kappa shape index (κ3) is 9.16. The van der Waals surface area contributed by atoms with E-state index < -0.39 is 30.2 Å². The third-order valence-corrected chi connectivity index (χ3v) is 3.30. The van der Waals surface area contributed by atoms with Crippen molar-refractivity contribution in [3.63, 3.8) is 0 Å². The van der Waals surface area contributed by atoms with E-state index >= 15 is 0 Å². The van der Waals surface area contributed by atoms with Gasteiger partial charge in [-0.15, -0.1) is 0 Å². The van der Waals surface area contributed by atoms with Crippen LogP contribution in [0.15, 0.2) is 18.2 Å². The predicted octanol–water partition coefficient (Wildman–Crippen LogP) is 3.39. The van der Waals surface area contributed by atoms with Crippen LogP contribution >= 0.6 is 23.2 Å². The number of benzene rings is 1. The van der Waals surface area contributed by atoms with Gasteiger partial charge in [0.15, 0.2) is 6.61 Å². The normalized spacial score (nSPS) is 10.8. The van der Waals surface area contributed by atoms with Crippen LogP contribution in [0.3, 0.4) is 0 Å². The summed E-state index contributed by atoms with van der Waals surface area (Å²) in [6.45, 7) is 4.78. The topological polar surface area (TPSA) is 93.7 Å². The van der Waals surface area contributed by atoms with Crippen molar-refractivity contribution in [3.8, 4) is 0 Å². The van der Waals surface area contributed by atoms with Crippen molar-refractivity contribution in [2.45, 2.75) is 32.8 Å². The summed E-state index contributed by atoms with van der Waals surface area (Å²) in [4.78, 5) is 34.6. The van der Waals surface area contributed by atoms with Crippen molar-refractivity contribution >= 4 is 46.9 Å². The van der Waals surface area contributed by atoms with Crippen LogP contribution in [0.25, 0.3) is 0 Å². The summed E-state index contributed by atoms with van der Waals surface area (Å²) in [7, 11) is 0. The Kier molecular flexibility index (Phi) is 7.99. The molecule has 138 valence electrons. The van der Waals surface area contributed by atoms with Crippen LogP contribution < -0.4 is 10.6 Å². The van der Waals surface area contributed by atoms with Crippen molar-refractivity contribution in [3.05, 3.63) is 28.2 Å². The highest BCUT2D eigenvalue weighted by atomic mass is 35.5. The molecule has 0 aliphatic carbocycles. The molecule has 0 saturated carbocycles. The molecule has 0 unspecified atom stereocenters. The number of hydrogen-bond acceptors (Lipinski definition) is 5. The first kappa shape index (κ1) is 21.1. The molecule has 0 bridgehead atoms. The molecule has 25 heavy (non-hydrogen) atoms. The molecule has 9 heteroatoms. The fourth-order valence-corrected chi connectivity index (χ4v) is 1.87. The van der Waals surface area contributed by atoms with E-state index in [1.807, 2.05) is 0 Å². The van der Waals surface area contributed by atoms with Gasteiger partial charge < -0.3 is 20.1 Å². The molecule has 7 nitrogen and oxygen atoms in total. The van der Waals surface area contributed by atoms with E-state index in [-0.39, 0.29) is 13.0 Å². The summed E-state index contributed by atoms with van der Waals surface area (Å²) in [6.07, 6.45) is -0.711. The molecule has 0 spiro atoms. The summed E-state index contributed by atoms with van der Waals surface area (Å²) < 4.78 is 9.83. The molecule has 0 radical (unpaired) electrons. The number of amides is 2. The fraction of sp³-hybridized carbons (Fsp3) is 0.438. The number of carbonyl (C=O) groups excluding carboxylic acids is 3. The van der Waals surface area contributed by atoms with Crippen molar-refractivity contribution in [1.82, 2.24) is 5.32 Å². The molecule has 0 aromatic heterocycles. The molecule has 1 aromatic carbocycles. The van der Waals surface area contributed by atoms with E-state index in [4.69, 9.17) is 32.7 Å². The quantitative estimate of drug-likeness (QED) is 0.725. The molecule has 2 amide bonds. The number of hydrogen-bond donors (Lipinski definition) is 2. The lowest BCUT2D eigenvalue weighted by Gasteiger charge is -2.19. The zero-order valence-corrected chi connectivity index (χ0v) is 15.7. The molecule has 2 N–H and O–H groups in total. The second-order valence-corrected chi connectivity index (χ2v) is 6.83. The van der Waals surface area contributed by atoms with Gasteiger partial charge in [0.2, 0.25) is 0 Å². The molecule has 0 saturated heterocycles. The van der Waals surface area contributed by atoms with E-state index in [0.29, 0.717) is 15.7 Å². The lowest BCUT2D eigenvalue weighted by molar-refractivity contribution is -0.147. The highest BCUT2D eigenvalue weighted by Gasteiger charge is 2.16. The zero-order valence-electron chi connectivity index (χ0n) is 14.2. The molecule has 1 rings (SSSR count). The highest BCUT2D eigenvalue weighted by Crippen LogP contribution is 2.24. The Morgan fingerprint density at radius 1 is 1.12 bits per heavy atom. The van der Waals surface area contributed by atoms with Crippen LogP contribution in [0.5, 0.6) is 0 Å². The lowest BCUT2D eigenvalue weighted by Crippen LogP contribution is -2.34. The smallest absolute Gasteiger partial charge is 0.407 e. The van der Waals surface area contributed by atoms with E-state index in [1.54, 1.807) is 26.8 Å². The zero-order chi connectivity index (χ0) is 19.0. The number of anilines is 1. The minimum absolute atomic E-state index is 0.0438. The van der Waals surface area contributed by atoms with Crippen molar-refractivity contribution in [1.29, 1.82) is 0 Å². The summed E-state index contributed by atoms with van der Waals surface area (Å²) >= 11 is 11.6. The predicted molar refractivity (Wildman–Crippen MR) is 94.9 cm³/mol. The summed E-state index contributed by atoms with van der Waals surface area (Å²) in [6, 6.07) is 4.58. The van der Waals surface area contributed by atoms with Gasteiger partial charge in [-0.2, -0.15) is 0 Å². The molecule has 0 atom stereocenters. The largest absolute Gasteiger partial charge is 0.456 e. The number of alkyl carbamates (subject to hydrolysis) is 1. The summed E-state index contributed by atoms with van der Waals surface area (Å²) in [5.74, 6) is -1.15. The van der Waals surface area contributed by atoms with Crippen LogP contribution in [0, 0.1) is 0 Å². The first-order chi connectivity index (χ1) is 11.6. The highest BCUT2D eigenvalue weighted by molar-refractivity contribution is 6.42. The van der Waals surface area contributed by atoms with E-state index in [1.165, 1.54) is 12.1 Å².